The molecule has 2 N–H and O–H groups in total. The zero-order chi connectivity index (χ0) is 13.0. The summed E-state index contributed by atoms with van der Waals surface area (Å²) < 4.78 is 10.5. The maximum absolute atomic E-state index is 12.3. The lowest BCUT2D eigenvalue weighted by Gasteiger charge is -2.37. The minimum absolute atomic E-state index is 0.0911. The molecule has 7 nitrogen and oxygen atoms in total. The van der Waals surface area contributed by atoms with E-state index in [1.54, 1.807) is 11.9 Å². The van der Waals surface area contributed by atoms with Crippen LogP contribution in [-0.2, 0) is 19.1 Å². The molecule has 2 fully saturated rings. The van der Waals surface area contributed by atoms with E-state index in [0.717, 1.165) is 0 Å². The fourth-order valence-electron chi connectivity index (χ4n) is 2.18. The summed E-state index contributed by atoms with van der Waals surface area (Å²) in [5, 5.41) is 5.66. The molecule has 2 aliphatic rings. The zero-order valence-electron chi connectivity index (χ0n) is 10.5. The van der Waals surface area contributed by atoms with Gasteiger partial charge in [0.15, 0.2) is 0 Å². The fourth-order valence-corrected chi connectivity index (χ4v) is 2.18. The summed E-state index contributed by atoms with van der Waals surface area (Å²) in [5.74, 6) is -0.286. The third kappa shape index (κ3) is 2.80. The van der Waals surface area contributed by atoms with Gasteiger partial charge in [0, 0.05) is 20.1 Å². The molecule has 0 bridgehead atoms. The number of likely N-dealkylation sites (N-methyl/N-ethyl adjacent to an activating group) is 1. The van der Waals surface area contributed by atoms with Crippen molar-refractivity contribution in [3.8, 4) is 0 Å². The van der Waals surface area contributed by atoms with Crippen molar-refractivity contribution in [3.05, 3.63) is 0 Å². The van der Waals surface area contributed by atoms with Crippen molar-refractivity contribution in [1.29, 1.82) is 0 Å². The average Bonchev–Trinajstić information content (AvgIpc) is 2.46. The van der Waals surface area contributed by atoms with Crippen LogP contribution in [0.25, 0.3) is 0 Å². The van der Waals surface area contributed by atoms with Crippen LogP contribution >= 0.6 is 0 Å². The topological polar surface area (TPSA) is 79.9 Å². The van der Waals surface area contributed by atoms with E-state index in [1.807, 2.05) is 0 Å². The number of ether oxygens (including phenoxy) is 2. The van der Waals surface area contributed by atoms with Crippen LogP contribution in [0.2, 0.25) is 0 Å². The molecule has 2 rings (SSSR count). The Hall–Kier alpha value is -1.18. The minimum atomic E-state index is -0.542. The lowest BCUT2D eigenvalue weighted by atomic mass is 10.1. The summed E-state index contributed by atoms with van der Waals surface area (Å²) in [6, 6.07) is -0.899. The summed E-state index contributed by atoms with van der Waals surface area (Å²) in [6.45, 7) is 2.79. The smallest absolute Gasteiger partial charge is 0.244 e. The second kappa shape index (κ2) is 6.12. The van der Waals surface area contributed by atoms with Gasteiger partial charge in [0.25, 0.3) is 0 Å². The Labute approximate surface area is 106 Å². The number of nitrogens with one attached hydrogen (secondary N) is 2. The van der Waals surface area contributed by atoms with Gasteiger partial charge in [0.2, 0.25) is 11.8 Å². The SMILES string of the molecule is CNC(=O)C1COCCN1C(=O)C1COCCN1. The van der Waals surface area contributed by atoms with E-state index in [-0.39, 0.29) is 24.5 Å². The van der Waals surface area contributed by atoms with E-state index in [0.29, 0.717) is 32.9 Å². The highest BCUT2D eigenvalue weighted by molar-refractivity contribution is 5.90. The standard InChI is InChI=1S/C11H19N3O4/c1-12-10(15)9-7-18-5-3-14(9)11(16)8-6-17-4-2-13-8/h8-9,13H,2-7H2,1H3,(H,12,15). The van der Waals surface area contributed by atoms with Crippen LogP contribution in [0, 0.1) is 0 Å². The van der Waals surface area contributed by atoms with Gasteiger partial charge in [-0.25, -0.2) is 0 Å². The van der Waals surface area contributed by atoms with Gasteiger partial charge in [-0.15, -0.1) is 0 Å². The molecular formula is C11H19N3O4. The van der Waals surface area contributed by atoms with Crippen LogP contribution in [0.3, 0.4) is 0 Å². The Morgan fingerprint density at radius 2 is 2.06 bits per heavy atom. The lowest BCUT2D eigenvalue weighted by molar-refractivity contribution is -0.151. The Balaban J connectivity index is 2.03. The Bertz CT molecular complexity index is 317. The second-order valence-corrected chi connectivity index (χ2v) is 4.32. The van der Waals surface area contributed by atoms with E-state index in [9.17, 15) is 9.59 Å². The molecule has 2 atom stereocenters. The first-order valence-electron chi connectivity index (χ1n) is 6.15. The predicted octanol–water partition coefficient (Wildman–Crippen LogP) is -2.05. The van der Waals surface area contributed by atoms with Crippen LogP contribution in [-0.4, -0.2) is 75.4 Å². The van der Waals surface area contributed by atoms with Crippen molar-refractivity contribution >= 4 is 11.8 Å². The van der Waals surface area contributed by atoms with E-state index in [4.69, 9.17) is 9.47 Å². The van der Waals surface area contributed by atoms with Crippen molar-refractivity contribution < 1.29 is 19.1 Å². The Morgan fingerprint density at radius 3 is 2.72 bits per heavy atom. The summed E-state index contributed by atoms with van der Waals surface area (Å²) in [4.78, 5) is 25.6. The lowest BCUT2D eigenvalue weighted by Crippen LogP contribution is -2.61. The third-order valence-corrected chi connectivity index (χ3v) is 3.18. The first-order valence-corrected chi connectivity index (χ1v) is 6.15. The highest BCUT2D eigenvalue weighted by Crippen LogP contribution is 2.10. The molecule has 0 aliphatic carbocycles. The Morgan fingerprint density at radius 1 is 1.28 bits per heavy atom. The molecular weight excluding hydrogens is 238 g/mol. The summed E-state index contributed by atoms with van der Waals surface area (Å²) in [5.41, 5.74) is 0. The number of amides is 2. The highest BCUT2D eigenvalue weighted by Gasteiger charge is 2.36. The van der Waals surface area contributed by atoms with Crippen LogP contribution in [0.5, 0.6) is 0 Å². The van der Waals surface area contributed by atoms with Crippen molar-refractivity contribution in [2.24, 2.45) is 0 Å². The molecule has 0 radical (unpaired) electrons. The van der Waals surface area contributed by atoms with Gasteiger partial charge in [-0.1, -0.05) is 0 Å². The summed E-state index contributed by atoms with van der Waals surface area (Å²) in [6.07, 6.45) is 0. The number of carbonyl (C=O) groups is 2. The average molecular weight is 257 g/mol. The highest BCUT2D eigenvalue weighted by atomic mass is 16.5. The number of nitrogens with zero attached hydrogens (tertiary/aromatic N) is 1. The molecule has 2 unspecified atom stereocenters. The maximum Gasteiger partial charge on any atom is 0.244 e. The first-order chi connectivity index (χ1) is 8.74. The molecule has 0 aromatic rings. The summed E-state index contributed by atoms with van der Waals surface area (Å²) in [7, 11) is 1.56. The van der Waals surface area contributed by atoms with Crippen LogP contribution < -0.4 is 10.6 Å². The van der Waals surface area contributed by atoms with Crippen LogP contribution in [0.4, 0.5) is 0 Å². The van der Waals surface area contributed by atoms with Crippen molar-refractivity contribution in [1.82, 2.24) is 15.5 Å². The number of morpholine rings is 2. The first kappa shape index (κ1) is 13.3. The Kier molecular flexibility index (Phi) is 4.51. The molecule has 2 heterocycles. The van der Waals surface area contributed by atoms with E-state index >= 15 is 0 Å². The second-order valence-electron chi connectivity index (χ2n) is 4.32. The third-order valence-electron chi connectivity index (χ3n) is 3.18. The molecule has 0 aromatic carbocycles. The summed E-state index contributed by atoms with van der Waals surface area (Å²) >= 11 is 0. The fraction of sp³-hybridized carbons (Fsp3) is 0.818. The normalized spacial score (nSPS) is 28.8. The van der Waals surface area contributed by atoms with Crippen molar-refractivity contribution in [3.63, 3.8) is 0 Å². The monoisotopic (exact) mass is 257 g/mol. The predicted molar refractivity (Wildman–Crippen MR) is 63.0 cm³/mol. The van der Waals surface area contributed by atoms with Gasteiger partial charge in [0.1, 0.15) is 12.1 Å². The van der Waals surface area contributed by atoms with Crippen LogP contribution in [0.15, 0.2) is 0 Å². The van der Waals surface area contributed by atoms with Gasteiger partial charge in [0.05, 0.1) is 26.4 Å². The van der Waals surface area contributed by atoms with Gasteiger partial charge in [-0.2, -0.15) is 0 Å². The van der Waals surface area contributed by atoms with Gasteiger partial charge >= 0.3 is 0 Å². The van der Waals surface area contributed by atoms with Gasteiger partial charge in [-0.05, 0) is 0 Å². The molecule has 2 aliphatic heterocycles. The molecule has 2 amide bonds. The quantitative estimate of drug-likeness (QED) is 0.595. The van der Waals surface area contributed by atoms with Crippen molar-refractivity contribution in [2.75, 3.05) is 46.6 Å². The minimum Gasteiger partial charge on any atom is -0.378 e. The number of carbonyl (C=O) groups excluding carboxylic acids is 2. The van der Waals surface area contributed by atoms with Gasteiger partial charge in [-0.3, -0.25) is 9.59 Å². The number of hydrogen-bond acceptors (Lipinski definition) is 5. The zero-order valence-corrected chi connectivity index (χ0v) is 10.5. The van der Waals surface area contributed by atoms with E-state index < -0.39 is 6.04 Å². The molecule has 2 saturated heterocycles. The molecule has 7 heteroatoms. The molecule has 18 heavy (non-hydrogen) atoms. The number of hydrogen-bond donors (Lipinski definition) is 2. The maximum atomic E-state index is 12.3. The largest absolute Gasteiger partial charge is 0.378 e. The van der Waals surface area contributed by atoms with Crippen LogP contribution in [0.1, 0.15) is 0 Å². The number of rotatable bonds is 2. The molecule has 102 valence electrons. The van der Waals surface area contributed by atoms with E-state index in [1.165, 1.54) is 0 Å². The van der Waals surface area contributed by atoms with Gasteiger partial charge < -0.3 is 25.0 Å². The van der Waals surface area contributed by atoms with E-state index in [2.05, 4.69) is 10.6 Å². The molecule has 0 saturated carbocycles. The molecule has 0 aromatic heterocycles. The molecule has 0 spiro atoms. The van der Waals surface area contributed by atoms with Crippen molar-refractivity contribution in [2.45, 2.75) is 12.1 Å².